The summed E-state index contributed by atoms with van der Waals surface area (Å²) in [5.41, 5.74) is 5.98. The number of alkyl halides is 3. The Hall–Kier alpha value is -3.80. The number of primary amides is 1. The van der Waals surface area contributed by atoms with Gasteiger partial charge in [-0.05, 0) is 37.3 Å². The van der Waals surface area contributed by atoms with Crippen LogP contribution in [0.5, 0.6) is 0 Å². The van der Waals surface area contributed by atoms with E-state index in [4.69, 9.17) is 5.73 Å². The summed E-state index contributed by atoms with van der Waals surface area (Å²) in [7, 11) is 0. The number of amides is 2. The molecule has 0 saturated carbocycles. The fourth-order valence-corrected chi connectivity index (χ4v) is 5.29. The molecule has 8 nitrogen and oxygen atoms in total. The van der Waals surface area contributed by atoms with Gasteiger partial charge in [0.25, 0.3) is 17.6 Å². The predicted molar refractivity (Wildman–Crippen MR) is 119 cm³/mol. The van der Waals surface area contributed by atoms with E-state index in [1.165, 1.54) is 11.3 Å². The second-order valence-electron chi connectivity index (χ2n) is 7.77. The maximum absolute atomic E-state index is 13.8. The lowest BCUT2D eigenvalue weighted by atomic mass is 9.95. The largest absolute Gasteiger partial charge is 0.433 e. The van der Waals surface area contributed by atoms with E-state index < -0.39 is 29.5 Å². The summed E-state index contributed by atoms with van der Waals surface area (Å²) in [5.74, 6) is -2.42. The Balaban J connectivity index is 1.56. The molecule has 4 aromatic rings. The topological polar surface area (TPSA) is 115 Å². The quantitative estimate of drug-likeness (QED) is 0.451. The van der Waals surface area contributed by atoms with Crippen molar-refractivity contribution in [3.63, 3.8) is 0 Å². The Labute approximate surface area is 194 Å². The third-order valence-corrected chi connectivity index (χ3v) is 6.73. The minimum Gasteiger partial charge on any atom is -0.365 e. The molecule has 1 aliphatic rings. The molecule has 1 aromatic carbocycles. The number of carbonyl (C=O) groups is 2. The van der Waals surface area contributed by atoms with Crippen LogP contribution in [0.2, 0.25) is 0 Å². The van der Waals surface area contributed by atoms with Crippen LogP contribution < -0.4 is 11.1 Å². The number of rotatable bonds is 4. The second-order valence-corrected chi connectivity index (χ2v) is 8.88. The van der Waals surface area contributed by atoms with Crippen molar-refractivity contribution in [1.82, 2.24) is 19.6 Å². The number of thiophene rings is 1. The first-order valence-corrected chi connectivity index (χ1v) is 11.2. The maximum Gasteiger partial charge on any atom is 0.433 e. The molecule has 0 unspecified atom stereocenters. The zero-order chi connectivity index (χ0) is 24.0. The van der Waals surface area contributed by atoms with Crippen molar-refractivity contribution in [2.45, 2.75) is 31.9 Å². The molecule has 2 amide bonds. The molecule has 0 spiro atoms. The van der Waals surface area contributed by atoms with Gasteiger partial charge in [0.15, 0.2) is 5.69 Å². The van der Waals surface area contributed by atoms with E-state index in [1.54, 1.807) is 30.3 Å². The van der Waals surface area contributed by atoms with E-state index in [0.717, 1.165) is 35.8 Å². The Morgan fingerprint density at radius 2 is 1.82 bits per heavy atom. The fourth-order valence-electron chi connectivity index (χ4n) is 4.00. The van der Waals surface area contributed by atoms with Crippen molar-refractivity contribution in [1.29, 1.82) is 0 Å². The molecular formula is C22H17F3N6O2S. The summed E-state index contributed by atoms with van der Waals surface area (Å²) in [4.78, 5) is 34.0. The first-order valence-electron chi connectivity index (χ1n) is 10.4. The minimum absolute atomic E-state index is 0.0433. The number of hydrogen-bond acceptors (Lipinski definition) is 6. The number of benzene rings is 1. The number of nitrogens with two attached hydrogens (primary N) is 1. The molecule has 5 rings (SSSR count). The normalized spacial score (nSPS) is 13.6. The molecule has 174 valence electrons. The van der Waals surface area contributed by atoms with Crippen molar-refractivity contribution in [2.24, 2.45) is 5.73 Å². The van der Waals surface area contributed by atoms with E-state index in [2.05, 4.69) is 20.4 Å². The highest BCUT2D eigenvalue weighted by atomic mass is 32.1. The molecule has 12 heteroatoms. The van der Waals surface area contributed by atoms with Gasteiger partial charge in [0.1, 0.15) is 5.00 Å². The van der Waals surface area contributed by atoms with E-state index in [1.807, 2.05) is 0 Å². The Kier molecular flexibility index (Phi) is 5.31. The van der Waals surface area contributed by atoms with Crippen LogP contribution in [0.1, 0.15) is 50.0 Å². The van der Waals surface area contributed by atoms with E-state index in [-0.39, 0.29) is 22.0 Å². The summed E-state index contributed by atoms with van der Waals surface area (Å²) >= 11 is 1.24. The fraction of sp³-hybridized carbons (Fsp3) is 0.227. The number of aryl methyl sites for hydroxylation is 1. The highest BCUT2D eigenvalue weighted by molar-refractivity contribution is 7.17. The van der Waals surface area contributed by atoms with Crippen LogP contribution in [-0.2, 0) is 19.0 Å². The maximum atomic E-state index is 13.8. The number of halogens is 3. The molecule has 0 atom stereocenters. The number of hydrogen-bond donors (Lipinski definition) is 2. The van der Waals surface area contributed by atoms with Gasteiger partial charge in [0.2, 0.25) is 5.82 Å². The summed E-state index contributed by atoms with van der Waals surface area (Å²) in [5, 5.41) is 6.58. The van der Waals surface area contributed by atoms with Crippen LogP contribution in [0.4, 0.5) is 18.2 Å². The molecule has 3 N–H and O–H groups in total. The first kappa shape index (κ1) is 22.0. The van der Waals surface area contributed by atoms with E-state index >= 15 is 0 Å². The van der Waals surface area contributed by atoms with Crippen LogP contribution in [0.3, 0.4) is 0 Å². The van der Waals surface area contributed by atoms with Crippen molar-refractivity contribution < 1.29 is 22.8 Å². The average Bonchev–Trinajstić information content (AvgIpc) is 3.39. The number of anilines is 1. The number of carbonyl (C=O) groups excluding carboxylic acids is 2. The summed E-state index contributed by atoms with van der Waals surface area (Å²) in [6.45, 7) is 0. The van der Waals surface area contributed by atoms with Gasteiger partial charge in [-0.15, -0.1) is 16.4 Å². The molecule has 0 radical (unpaired) electrons. The Morgan fingerprint density at radius 3 is 2.53 bits per heavy atom. The van der Waals surface area contributed by atoms with Gasteiger partial charge in [-0.1, -0.05) is 30.3 Å². The smallest absolute Gasteiger partial charge is 0.365 e. The van der Waals surface area contributed by atoms with Gasteiger partial charge in [0, 0.05) is 10.4 Å². The van der Waals surface area contributed by atoms with Gasteiger partial charge in [-0.25, -0.2) is 4.98 Å². The third kappa shape index (κ3) is 3.89. The second kappa shape index (κ2) is 8.20. The molecule has 3 heterocycles. The number of fused-ring (bicyclic) bond motifs is 2. The van der Waals surface area contributed by atoms with Gasteiger partial charge in [-0.3, -0.25) is 9.59 Å². The van der Waals surface area contributed by atoms with Gasteiger partial charge in [-0.2, -0.15) is 22.7 Å². The van der Waals surface area contributed by atoms with Crippen molar-refractivity contribution in [2.75, 3.05) is 5.32 Å². The van der Waals surface area contributed by atoms with Crippen LogP contribution in [0.25, 0.3) is 17.0 Å². The van der Waals surface area contributed by atoms with Crippen LogP contribution in [0.15, 0.2) is 36.4 Å². The molecule has 0 saturated heterocycles. The van der Waals surface area contributed by atoms with Gasteiger partial charge < -0.3 is 11.1 Å². The van der Waals surface area contributed by atoms with Gasteiger partial charge >= 0.3 is 6.18 Å². The van der Waals surface area contributed by atoms with Crippen molar-refractivity contribution in [3.8, 4) is 11.3 Å². The predicted octanol–water partition coefficient (Wildman–Crippen LogP) is 4.10. The molecule has 3 aromatic heterocycles. The summed E-state index contributed by atoms with van der Waals surface area (Å²) in [6, 6.07) is 9.17. The lowest BCUT2D eigenvalue weighted by molar-refractivity contribution is -0.142. The monoisotopic (exact) mass is 486 g/mol. The average molecular weight is 486 g/mol. The van der Waals surface area contributed by atoms with Crippen LogP contribution in [0, 0.1) is 0 Å². The lowest BCUT2D eigenvalue weighted by Crippen LogP contribution is -2.19. The molecular weight excluding hydrogens is 469 g/mol. The van der Waals surface area contributed by atoms with Crippen molar-refractivity contribution >= 4 is 33.9 Å². The molecule has 34 heavy (non-hydrogen) atoms. The third-order valence-electron chi connectivity index (χ3n) is 5.52. The zero-order valence-electron chi connectivity index (χ0n) is 17.5. The molecule has 0 fully saturated rings. The lowest BCUT2D eigenvalue weighted by Gasteiger charge is -2.11. The van der Waals surface area contributed by atoms with Gasteiger partial charge in [0.05, 0.1) is 11.3 Å². The molecule has 0 bridgehead atoms. The molecule has 1 aliphatic carbocycles. The van der Waals surface area contributed by atoms with E-state index in [9.17, 15) is 22.8 Å². The minimum atomic E-state index is -4.77. The molecule has 0 aliphatic heterocycles. The zero-order valence-corrected chi connectivity index (χ0v) is 18.3. The SMILES string of the molecule is NC(=O)c1c(NC(=O)c2nc3nc(-c4ccccc4)cc(C(F)(F)F)n3n2)sc2c1CCCC2. The van der Waals surface area contributed by atoms with Crippen LogP contribution >= 0.6 is 11.3 Å². The highest BCUT2D eigenvalue weighted by Gasteiger charge is 2.36. The first-order chi connectivity index (χ1) is 16.2. The summed E-state index contributed by atoms with van der Waals surface area (Å²) in [6.07, 6.45) is -1.46. The Morgan fingerprint density at radius 1 is 1.09 bits per heavy atom. The Bertz CT molecular complexity index is 1430. The van der Waals surface area contributed by atoms with Crippen molar-refractivity contribution in [3.05, 3.63) is 63.9 Å². The number of aromatic nitrogens is 4. The highest BCUT2D eigenvalue weighted by Crippen LogP contribution is 2.38. The standard InChI is InChI=1S/C22H17F3N6O2S/c23-22(24,25)15-10-13(11-6-2-1-3-7-11)27-21-28-18(30-31(15)21)19(33)29-20-16(17(26)32)12-8-4-5-9-14(12)34-20/h1-3,6-7,10H,4-5,8-9H2,(H2,26,32)(H,29,33). The number of nitrogens with zero attached hydrogens (tertiary/aromatic N) is 4. The van der Waals surface area contributed by atoms with E-state index in [0.29, 0.717) is 16.5 Å². The number of nitrogens with one attached hydrogen (secondary N) is 1. The van der Waals surface area contributed by atoms with Crippen LogP contribution in [-0.4, -0.2) is 31.4 Å². The summed E-state index contributed by atoms with van der Waals surface area (Å²) < 4.78 is 41.8.